The number of likely N-dealkylation sites (tertiary alicyclic amines) is 1. The molecule has 7 rings (SSSR count). The second kappa shape index (κ2) is 5.19. The minimum atomic E-state index is -0.870. The first-order valence-electron chi connectivity index (χ1n) is 10.8. The lowest BCUT2D eigenvalue weighted by atomic mass is 9.36. The Balaban J connectivity index is 1.71. The van der Waals surface area contributed by atoms with Crippen LogP contribution >= 0.6 is 0 Å². The molecule has 4 bridgehead atoms. The summed E-state index contributed by atoms with van der Waals surface area (Å²) in [4.78, 5) is 2.53. The average Bonchev–Trinajstić information content (AvgIpc) is 3.06. The van der Waals surface area contributed by atoms with Crippen LogP contribution in [0.4, 0.5) is 0 Å². The highest BCUT2D eigenvalue weighted by atomic mass is 16.6. The fourth-order valence-corrected chi connectivity index (χ4v) is 8.01. The van der Waals surface area contributed by atoms with Gasteiger partial charge in [-0.3, -0.25) is 0 Å². The second-order valence-corrected chi connectivity index (χ2v) is 10.4. The summed E-state index contributed by atoms with van der Waals surface area (Å²) < 4.78 is 18.9. The van der Waals surface area contributed by atoms with E-state index in [1.807, 2.05) is 13.8 Å². The summed E-state index contributed by atoms with van der Waals surface area (Å²) in [6, 6.07) is 4.69. The van der Waals surface area contributed by atoms with Gasteiger partial charge >= 0.3 is 0 Å². The van der Waals surface area contributed by atoms with Crippen LogP contribution in [0.1, 0.15) is 37.8 Å². The SMILES string of the molecule is COc1ccc2c3c1O[C@H]1[C@@]4(OC)C=C[C@@]5(C[C@@H]4C(C)(C)O)[C@@H](C2)N(C)CC[C@]315. The van der Waals surface area contributed by atoms with Gasteiger partial charge < -0.3 is 24.2 Å². The molecule has 1 saturated carbocycles. The van der Waals surface area contributed by atoms with Gasteiger partial charge in [-0.2, -0.15) is 0 Å². The third kappa shape index (κ3) is 1.73. The van der Waals surface area contributed by atoms with Crippen LogP contribution in [0.15, 0.2) is 24.3 Å². The van der Waals surface area contributed by atoms with Gasteiger partial charge in [0.1, 0.15) is 11.7 Å². The molecule has 0 amide bonds. The van der Waals surface area contributed by atoms with Crippen molar-refractivity contribution >= 4 is 0 Å². The molecule has 29 heavy (non-hydrogen) atoms. The number of rotatable bonds is 3. The Hall–Kier alpha value is -1.56. The number of likely N-dealkylation sites (N-methyl/N-ethyl adjacent to an activating group) is 1. The van der Waals surface area contributed by atoms with Gasteiger partial charge in [-0.25, -0.2) is 0 Å². The first kappa shape index (κ1) is 18.2. The summed E-state index contributed by atoms with van der Waals surface area (Å²) in [6.07, 6.45) is 7.46. The average molecular weight is 398 g/mol. The summed E-state index contributed by atoms with van der Waals surface area (Å²) in [5.41, 5.74) is 1.02. The quantitative estimate of drug-likeness (QED) is 0.795. The van der Waals surface area contributed by atoms with Crippen molar-refractivity contribution in [2.24, 2.45) is 11.3 Å². The van der Waals surface area contributed by atoms with Gasteiger partial charge in [0.15, 0.2) is 11.5 Å². The van der Waals surface area contributed by atoms with Gasteiger partial charge in [-0.15, -0.1) is 0 Å². The molecule has 2 heterocycles. The predicted molar refractivity (Wildman–Crippen MR) is 110 cm³/mol. The number of fused-ring (bicyclic) bond motifs is 1. The Kier molecular flexibility index (Phi) is 3.26. The molecule has 2 fully saturated rings. The molecule has 1 aromatic rings. The zero-order chi connectivity index (χ0) is 20.4. The number of ether oxygens (including phenoxy) is 3. The van der Waals surface area contributed by atoms with E-state index in [1.165, 1.54) is 11.1 Å². The Morgan fingerprint density at radius 1 is 1.24 bits per heavy atom. The zero-order valence-corrected chi connectivity index (χ0v) is 18.0. The molecule has 4 aliphatic carbocycles. The van der Waals surface area contributed by atoms with Crippen LogP contribution in [0, 0.1) is 11.3 Å². The van der Waals surface area contributed by atoms with E-state index in [1.54, 1.807) is 14.2 Å². The van der Waals surface area contributed by atoms with Crippen LogP contribution in [0.2, 0.25) is 0 Å². The van der Waals surface area contributed by atoms with Gasteiger partial charge in [0.2, 0.25) is 0 Å². The van der Waals surface area contributed by atoms with Gasteiger partial charge in [-0.1, -0.05) is 18.2 Å². The van der Waals surface area contributed by atoms with E-state index in [9.17, 15) is 5.11 Å². The maximum atomic E-state index is 11.2. The van der Waals surface area contributed by atoms with Crippen molar-refractivity contribution in [1.82, 2.24) is 4.90 Å². The van der Waals surface area contributed by atoms with E-state index in [-0.39, 0.29) is 22.9 Å². The normalized spacial score (nSPS) is 43.9. The van der Waals surface area contributed by atoms with Gasteiger partial charge in [0.05, 0.1) is 18.1 Å². The Morgan fingerprint density at radius 3 is 2.72 bits per heavy atom. The molecular formula is C24H31NO4. The third-order valence-corrected chi connectivity index (χ3v) is 9.13. The molecule has 1 saturated heterocycles. The molecule has 0 radical (unpaired) electrons. The highest BCUT2D eigenvalue weighted by Gasteiger charge is 2.80. The number of aliphatic hydroxyl groups is 1. The smallest absolute Gasteiger partial charge is 0.166 e. The Labute approximate surface area is 172 Å². The largest absolute Gasteiger partial charge is 0.493 e. The van der Waals surface area contributed by atoms with Gasteiger partial charge in [-0.05, 0) is 58.3 Å². The molecule has 5 heteroatoms. The highest BCUT2D eigenvalue weighted by Crippen LogP contribution is 2.75. The van der Waals surface area contributed by atoms with E-state index in [4.69, 9.17) is 14.2 Å². The Bertz CT molecular complexity index is 936. The fraction of sp³-hybridized carbons (Fsp3) is 0.667. The van der Waals surface area contributed by atoms with E-state index in [2.05, 4.69) is 36.2 Å². The summed E-state index contributed by atoms with van der Waals surface area (Å²) in [6.45, 7) is 4.89. The van der Waals surface area contributed by atoms with Crippen LogP contribution in [0.5, 0.6) is 11.5 Å². The maximum Gasteiger partial charge on any atom is 0.166 e. The minimum absolute atomic E-state index is 0.0426. The van der Waals surface area contributed by atoms with Crippen LogP contribution in [0.25, 0.3) is 0 Å². The molecule has 2 aliphatic heterocycles. The predicted octanol–water partition coefficient (Wildman–Crippen LogP) is 2.69. The minimum Gasteiger partial charge on any atom is -0.493 e. The molecule has 0 unspecified atom stereocenters. The van der Waals surface area contributed by atoms with E-state index >= 15 is 0 Å². The molecule has 6 atom stereocenters. The molecular weight excluding hydrogens is 366 g/mol. The monoisotopic (exact) mass is 397 g/mol. The van der Waals surface area contributed by atoms with Gasteiger partial charge in [0.25, 0.3) is 0 Å². The standard InChI is InChI=1S/C24H31NO4/c1-21(2,26)16-13-22-8-9-24(16,28-5)20-23(22)10-11-25(3)17(22)12-14-6-7-15(27-4)19(29-20)18(14)23/h6-9,16-17,20,26H,10-13H2,1-5H3/t16-,17-,20-,22-,23+,24-/m1/s1. The lowest BCUT2D eigenvalue weighted by Gasteiger charge is -2.72. The third-order valence-electron chi connectivity index (χ3n) is 9.13. The second-order valence-electron chi connectivity index (χ2n) is 10.4. The van der Waals surface area contributed by atoms with Crippen molar-refractivity contribution in [3.8, 4) is 11.5 Å². The van der Waals surface area contributed by atoms with E-state index in [0.717, 1.165) is 37.3 Å². The van der Waals surface area contributed by atoms with Crippen molar-refractivity contribution in [3.63, 3.8) is 0 Å². The molecule has 156 valence electrons. The van der Waals surface area contributed by atoms with Gasteiger partial charge in [0, 0.05) is 30.0 Å². The molecule has 1 N–H and O–H groups in total. The number of hydrogen-bond acceptors (Lipinski definition) is 5. The summed E-state index contributed by atoms with van der Waals surface area (Å²) in [7, 11) is 5.75. The number of benzene rings is 1. The molecule has 1 aromatic carbocycles. The highest BCUT2D eigenvalue weighted by molar-refractivity contribution is 5.65. The number of piperidine rings is 1. The van der Waals surface area contributed by atoms with Crippen LogP contribution < -0.4 is 9.47 Å². The van der Waals surface area contributed by atoms with Crippen molar-refractivity contribution < 1.29 is 19.3 Å². The number of methoxy groups -OCH3 is 2. The van der Waals surface area contributed by atoms with Crippen LogP contribution in [0.3, 0.4) is 0 Å². The molecule has 2 spiro atoms. The number of hydrogen-bond donors (Lipinski definition) is 1. The van der Waals surface area contributed by atoms with E-state index in [0.29, 0.717) is 6.04 Å². The lowest BCUT2D eigenvalue weighted by Crippen LogP contribution is -2.80. The zero-order valence-electron chi connectivity index (χ0n) is 18.0. The Morgan fingerprint density at radius 2 is 2.03 bits per heavy atom. The van der Waals surface area contributed by atoms with Crippen molar-refractivity contribution in [2.45, 2.75) is 61.9 Å². The first-order chi connectivity index (χ1) is 13.7. The van der Waals surface area contributed by atoms with Crippen LogP contribution in [-0.2, 0) is 16.6 Å². The van der Waals surface area contributed by atoms with Crippen molar-refractivity contribution in [3.05, 3.63) is 35.4 Å². The molecule has 0 aromatic heterocycles. The summed E-state index contributed by atoms with van der Waals surface area (Å²) in [5, 5.41) is 11.2. The topological polar surface area (TPSA) is 51.2 Å². The fourth-order valence-electron chi connectivity index (χ4n) is 8.01. The first-order valence-corrected chi connectivity index (χ1v) is 10.8. The van der Waals surface area contributed by atoms with Crippen molar-refractivity contribution in [1.29, 1.82) is 0 Å². The number of nitrogens with zero attached hydrogens (tertiary/aromatic N) is 1. The maximum absolute atomic E-state index is 11.2. The molecule has 6 aliphatic rings. The lowest BCUT2D eigenvalue weighted by molar-refractivity contribution is -0.243. The van der Waals surface area contributed by atoms with Crippen LogP contribution in [-0.4, -0.2) is 61.2 Å². The van der Waals surface area contributed by atoms with Crippen molar-refractivity contribution in [2.75, 3.05) is 27.8 Å². The molecule has 5 nitrogen and oxygen atoms in total. The summed E-state index contributed by atoms with van der Waals surface area (Å²) >= 11 is 0. The summed E-state index contributed by atoms with van der Waals surface area (Å²) in [5.74, 6) is 1.67. The van der Waals surface area contributed by atoms with E-state index < -0.39 is 11.2 Å².